The molecule has 276 valence electrons. The molecule has 0 spiro atoms. The fourth-order valence-electron chi connectivity index (χ4n) is 6.60. The van der Waals surface area contributed by atoms with Gasteiger partial charge in [0.15, 0.2) is 14.1 Å². The summed E-state index contributed by atoms with van der Waals surface area (Å²) >= 11 is 0. The smallest absolute Gasteiger partial charge is 0.411 e. The molecule has 0 aromatic heterocycles. The summed E-state index contributed by atoms with van der Waals surface area (Å²) in [6.07, 6.45) is 3.28. The quantitative estimate of drug-likeness (QED) is 0.144. The predicted molar refractivity (Wildman–Crippen MR) is 209 cm³/mol. The lowest BCUT2D eigenvalue weighted by Crippen LogP contribution is -2.50. The van der Waals surface area contributed by atoms with Crippen LogP contribution in [0.1, 0.15) is 84.7 Å². The second kappa shape index (κ2) is 16.6. The fraction of sp³-hybridized carbons (Fsp3) is 0.538. The molecule has 1 N–H and O–H groups in total. The zero-order valence-corrected chi connectivity index (χ0v) is 34.6. The van der Waals surface area contributed by atoms with E-state index in [1.54, 1.807) is 31.3 Å². The van der Waals surface area contributed by atoms with Crippen LogP contribution in [0.25, 0.3) is 5.57 Å². The molecule has 0 unspecified atom stereocenters. The van der Waals surface area contributed by atoms with Crippen LogP contribution in [0.3, 0.4) is 0 Å². The van der Waals surface area contributed by atoms with Crippen molar-refractivity contribution in [2.24, 2.45) is 0 Å². The van der Waals surface area contributed by atoms with E-state index in [-0.39, 0.29) is 51.5 Å². The number of ether oxygens (including phenoxy) is 3. The number of benzene rings is 2. The summed E-state index contributed by atoms with van der Waals surface area (Å²) in [5, 5.41) is 2.83. The van der Waals surface area contributed by atoms with E-state index in [0.717, 1.165) is 16.9 Å². The molecular weight excluding hydrogens is 665 g/mol. The minimum Gasteiger partial charge on any atom is -0.540 e. The van der Waals surface area contributed by atoms with Gasteiger partial charge in [-0.25, -0.2) is 4.79 Å². The van der Waals surface area contributed by atoms with Crippen molar-refractivity contribution in [2.75, 3.05) is 32.8 Å². The lowest BCUT2D eigenvalue weighted by molar-refractivity contribution is 0.0738. The monoisotopic (exact) mass is 724 g/mol. The highest BCUT2D eigenvalue weighted by molar-refractivity contribution is 6.78. The Bertz CT molecular complexity index is 1510. The van der Waals surface area contributed by atoms with Gasteiger partial charge in [-0.05, 0) is 70.5 Å². The van der Waals surface area contributed by atoms with Crippen molar-refractivity contribution in [2.45, 2.75) is 110 Å². The molecule has 0 aliphatic carbocycles. The van der Waals surface area contributed by atoms with E-state index in [4.69, 9.17) is 23.1 Å². The molecular formula is C39H60N2O7Si2. The van der Waals surface area contributed by atoms with Gasteiger partial charge in [-0.2, -0.15) is 0 Å². The van der Waals surface area contributed by atoms with Crippen LogP contribution in [0, 0.1) is 0 Å². The highest BCUT2D eigenvalue weighted by Gasteiger charge is 2.48. The number of amides is 2. The van der Waals surface area contributed by atoms with Gasteiger partial charge >= 0.3 is 6.09 Å². The van der Waals surface area contributed by atoms with E-state index in [0.29, 0.717) is 24.5 Å². The van der Waals surface area contributed by atoms with Crippen LogP contribution in [0.4, 0.5) is 10.5 Å². The summed E-state index contributed by atoms with van der Waals surface area (Å²) in [6.45, 7) is 28.3. The van der Waals surface area contributed by atoms with Crippen molar-refractivity contribution >= 4 is 39.9 Å². The zero-order valence-electron chi connectivity index (χ0n) is 32.6. The van der Waals surface area contributed by atoms with Crippen molar-refractivity contribution in [1.29, 1.82) is 0 Å². The van der Waals surface area contributed by atoms with E-state index in [1.807, 2.05) is 30.5 Å². The maximum atomic E-state index is 14.8. The molecule has 0 fully saturated rings. The lowest BCUT2D eigenvalue weighted by atomic mass is 10.0. The van der Waals surface area contributed by atoms with Gasteiger partial charge in [0.2, 0.25) is 0 Å². The zero-order chi connectivity index (χ0) is 37.6. The van der Waals surface area contributed by atoms with Crippen LogP contribution < -0.4 is 19.2 Å². The normalized spacial score (nSPS) is 15.3. The van der Waals surface area contributed by atoms with Crippen LogP contribution >= 0.6 is 0 Å². The maximum Gasteiger partial charge on any atom is 0.411 e. The molecule has 1 atom stereocenters. The summed E-state index contributed by atoms with van der Waals surface area (Å²) in [5.74, 6) is 1.36. The Morgan fingerprint density at radius 2 is 1.56 bits per heavy atom. The first-order valence-corrected chi connectivity index (χ1v) is 22.6. The number of hydrogen-bond donors (Lipinski definition) is 1. The molecule has 0 radical (unpaired) electrons. The molecule has 11 heteroatoms. The SMILES string of the molecule is C=CCOC(=O)Nc1cc(O[Si](C(C)C)(C(C)C)C(C)C)c(OC)cc1C(=O)N1C=C(c2ccc(OC)cc2)C[C@H]1CO[Si](C)(C)C(C)(C)C. The Hall–Kier alpha value is -3.55. The third kappa shape index (κ3) is 9.02. The minimum absolute atomic E-state index is 0.000729. The Morgan fingerprint density at radius 3 is 2.06 bits per heavy atom. The van der Waals surface area contributed by atoms with E-state index in [9.17, 15) is 9.59 Å². The standard InChI is InChI=1S/C39H60N2O7Si2/c1-15-20-46-38(43)40-34-23-36(48-50(26(2)3,27(4)5)28(6)7)35(45-12)22-33(34)37(42)41-24-30(29-16-18-32(44-11)19-17-29)21-31(41)25-47-49(13,14)39(8,9)10/h15-19,22-24,26-28,31H,1,20-21,25H2,2-14H3,(H,40,43)/t31-/m0/s1. The topological polar surface area (TPSA) is 95.6 Å². The predicted octanol–water partition coefficient (Wildman–Crippen LogP) is 10.3. The van der Waals surface area contributed by atoms with E-state index >= 15 is 0 Å². The average Bonchev–Trinajstić information content (AvgIpc) is 3.48. The summed E-state index contributed by atoms with van der Waals surface area (Å²) < 4.78 is 30.3. The third-order valence-corrected chi connectivity index (χ3v) is 20.9. The summed E-state index contributed by atoms with van der Waals surface area (Å²) in [7, 11) is -1.38. The number of hydrogen-bond acceptors (Lipinski definition) is 7. The number of carbonyl (C=O) groups excluding carboxylic acids is 2. The number of anilines is 1. The van der Waals surface area contributed by atoms with E-state index in [2.05, 4.69) is 87.3 Å². The van der Waals surface area contributed by atoms with Gasteiger partial charge in [-0.3, -0.25) is 10.1 Å². The average molecular weight is 725 g/mol. The highest BCUT2D eigenvalue weighted by Crippen LogP contribution is 2.46. The molecule has 3 rings (SSSR count). The molecule has 0 saturated carbocycles. The first kappa shape index (κ1) is 40.9. The first-order valence-electron chi connectivity index (χ1n) is 17.6. The molecule has 1 aliphatic rings. The van der Waals surface area contributed by atoms with Crippen molar-refractivity contribution in [3.05, 3.63) is 66.4 Å². The van der Waals surface area contributed by atoms with Crippen molar-refractivity contribution in [3.8, 4) is 17.2 Å². The van der Waals surface area contributed by atoms with Gasteiger partial charge in [-0.15, -0.1) is 0 Å². The number of nitrogens with zero attached hydrogens (tertiary/aromatic N) is 1. The molecule has 2 aromatic carbocycles. The van der Waals surface area contributed by atoms with Gasteiger partial charge in [0.1, 0.15) is 18.1 Å². The van der Waals surface area contributed by atoms with Gasteiger partial charge in [0, 0.05) is 12.3 Å². The molecule has 2 amide bonds. The largest absolute Gasteiger partial charge is 0.540 e. The van der Waals surface area contributed by atoms with Crippen LogP contribution in [-0.4, -0.2) is 67.0 Å². The van der Waals surface area contributed by atoms with Crippen LogP contribution in [0.2, 0.25) is 34.8 Å². The van der Waals surface area contributed by atoms with Crippen molar-refractivity contribution in [3.63, 3.8) is 0 Å². The summed E-state index contributed by atoms with van der Waals surface area (Å²) in [4.78, 5) is 29.5. The molecule has 1 heterocycles. The Labute approximate surface area is 302 Å². The van der Waals surface area contributed by atoms with Crippen LogP contribution in [0.15, 0.2) is 55.3 Å². The molecule has 2 aromatic rings. The van der Waals surface area contributed by atoms with E-state index in [1.165, 1.54) is 6.08 Å². The summed E-state index contributed by atoms with van der Waals surface area (Å²) in [5.41, 5.74) is 3.37. The van der Waals surface area contributed by atoms with Crippen molar-refractivity contribution in [1.82, 2.24) is 4.90 Å². The van der Waals surface area contributed by atoms with Gasteiger partial charge in [-0.1, -0.05) is 87.1 Å². The molecule has 50 heavy (non-hydrogen) atoms. The van der Waals surface area contributed by atoms with Crippen LogP contribution in [0.5, 0.6) is 17.2 Å². The molecule has 1 aliphatic heterocycles. The third-order valence-electron chi connectivity index (χ3n) is 10.4. The van der Waals surface area contributed by atoms with Crippen molar-refractivity contribution < 1.29 is 32.7 Å². The van der Waals surface area contributed by atoms with Gasteiger partial charge < -0.3 is 28.0 Å². The molecule has 0 bridgehead atoms. The highest BCUT2D eigenvalue weighted by atomic mass is 28.4. The Balaban J connectivity index is 2.18. The fourth-order valence-corrected chi connectivity index (χ4v) is 12.9. The number of carbonyl (C=O) groups is 2. The van der Waals surface area contributed by atoms with E-state index < -0.39 is 22.7 Å². The second-order valence-electron chi connectivity index (χ2n) is 15.5. The lowest BCUT2D eigenvalue weighted by Gasteiger charge is -2.42. The van der Waals surface area contributed by atoms with Gasteiger partial charge in [0.05, 0.1) is 38.1 Å². The van der Waals surface area contributed by atoms with Gasteiger partial charge in [0.25, 0.3) is 14.2 Å². The molecule has 9 nitrogen and oxygen atoms in total. The summed E-state index contributed by atoms with van der Waals surface area (Å²) in [6, 6.07) is 10.9. The first-order chi connectivity index (χ1) is 23.3. The Kier molecular flexibility index (Phi) is 13.6. The number of methoxy groups -OCH3 is 2. The number of nitrogens with one attached hydrogen (secondary N) is 1. The Morgan fingerprint density at radius 1 is 0.960 bits per heavy atom. The minimum atomic E-state index is -2.44. The second-order valence-corrected chi connectivity index (χ2v) is 25.7. The molecule has 0 saturated heterocycles. The number of rotatable bonds is 15. The maximum absolute atomic E-state index is 14.8. The van der Waals surface area contributed by atoms with Crippen LogP contribution in [-0.2, 0) is 9.16 Å².